The highest BCUT2D eigenvalue weighted by Crippen LogP contribution is 2.15. The highest BCUT2D eigenvalue weighted by atomic mass is 16.5. The number of amides is 2. The molecule has 2 amide bonds. The minimum Gasteiger partial charge on any atom is -0.492 e. The van der Waals surface area contributed by atoms with Crippen molar-refractivity contribution in [2.45, 2.75) is 13.3 Å². The average Bonchev–Trinajstić information content (AvgIpc) is 2.59. The Morgan fingerprint density at radius 1 is 1.12 bits per heavy atom. The molecule has 2 aromatic rings. The molecule has 128 valence electrons. The molecular formula is C19H25N3O2. The summed E-state index contributed by atoms with van der Waals surface area (Å²) in [5, 5.41) is 5.58. The van der Waals surface area contributed by atoms with E-state index in [0.717, 1.165) is 23.5 Å². The van der Waals surface area contributed by atoms with E-state index in [1.54, 1.807) is 0 Å². The predicted octanol–water partition coefficient (Wildman–Crippen LogP) is 3.52. The first kappa shape index (κ1) is 17.7. The van der Waals surface area contributed by atoms with Crippen molar-refractivity contribution in [3.05, 3.63) is 54.1 Å². The lowest BCUT2D eigenvalue weighted by atomic mass is 10.2. The molecule has 24 heavy (non-hydrogen) atoms. The van der Waals surface area contributed by atoms with Crippen LogP contribution in [0.4, 0.5) is 16.2 Å². The van der Waals surface area contributed by atoms with Gasteiger partial charge in [-0.3, -0.25) is 0 Å². The number of nitrogens with one attached hydrogen (secondary N) is 2. The monoisotopic (exact) mass is 327 g/mol. The van der Waals surface area contributed by atoms with Gasteiger partial charge in [0.25, 0.3) is 0 Å². The summed E-state index contributed by atoms with van der Waals surface area (Å²) in [6.07, 6.45) is 0.977. The van der Waals surface area contributed by atoms with Gasteiger partial charge in [-0.05, 0) is 48.4 Å². The van der Waals surface area contributed by atoms with Gasteiger partial charge in [0.2, 0.25) is 0 Å². The number of aryl methyl sites for hydroxylation is 1. The number of nitrogens with zero attached hydrogens (tertiary/aromatic N) is 1. The van der Waals surface area contributed by atoms with Crippen LogP contribution in [-0.2, 0) is 6.42 Å². The van der Waals surface area contributed by atoms with E-state index < -0.39 is 0 Å². The van der Waals surface area contributed by atoms with Crippen LogP contribution in [0.15, 0.2) is 48.5 Å². The number of urea groups is 1. The SMILES string of the molecule is CCc1cccc(OCCNC(=O)Nc2ccc(N(C)C)cc2)c1. The first-order valence-electron chi connectivity index (χ1n) is 8.12. The average molecular weight is 327 g/mol. The van der Waals surface area contributed by atoms with E-state index in [0.29, 0.717) is 13.2 Å². The second-order valence-electron chi connectivity index (χ2n) is 5.67. The van der Waals surface area contributed by atoms with Crippen molar-refractivity contribution >= 4 is 17.4 Å². The van der Waals surface area contributed by atoms with E-state index in [2.05, 4.69) is 23.6 Å². The smallest absolute Gasteiger partial charge is 0.319 e. The Balaban J connectivity index is 1.71. The summed E-state index contributed by atoms with van der Waals surface area (Å²) < 4.78 is 5.64. The van der Waals surface area contributed by atoms with Crippen molar-refractivity contribution < 1.29 is 9.53 Å². The summed E-state index contributed by atoms with van der Waals surface area (Å²) in [4.78, 5) is 13.9. The third kappa shape index (κ3) is 5.50. The lowest BCUT2D eigenvalue weighted by molar-refractivity contribution is 0.247. The van der Waals surface area contributed by atoms with Crippen LogP contribution in [0.2, 0.25) is 0 Å². The van der Waals surface area contributed by atoms with Gasteiger partial charge in [0.1, 0.15) is 12.4 Å². The number of hydrogen-bond acceptors (Lipinski definition) is 3. The van der Waals surface area contributed by atoms with Crippen molar-refractivity contribution in [2.75, 3.05) is 37.5 Å². The van der Waals surface area contributed by atoms with Crippen molar-refractivity contribution in [1.82, 2.24) is 5.32 Å². The molecule has 0 aliphatic rings. The summed E-state index contributed by atoms with van der Waals surface area (Å²) >= 11 is 0. The van der Waals surface area contributed by atoms with Gasteiger partial charge in [0.05, 0.1) is 6.54 Å². The van der Waals surface area contributed by atoms with Crippen LogP contribution >= 0.6 is 0 Å². The molecule has 0 atom stereocenters. The Kier molecular flexibility index (Phi) is 6.49. The fourth-order valence-corrected chi connectivity index (χ4v) is 2.21. The zero-order valence-corrected chi connectivity index (χ0v) is 14.5. The Hall–Kier alpha value is -2.69. The highest BCUT2D eigenvalue weighted by molar-refractivity contribution is 5.89. The second kappa shape index (κ2) is 8.82. The van der Waals surface area contributed by atoms with Crippen molar-refractivity contribution in [2.24, 2.45) is 0 Å². The largest absolute Gasteiger partial charge is 0.492 e. The third-order valence-electron chi connectivity index (χ3n) is 3.60. The molecule has 2 aromatic carbocycles. The Morgan fingerprint density at radius 2 is 1.88 bits per heavy atom. The Morgan fingerprint density at radius 3 is 2.54 bits per heavy atom. The zero-order chi connectivity index (χ0) is 17.4. The molecule has 0 spiro atoms. The van der Waals surface area contributed by atoms with E-state index in [1.165, 1.54) is 5.56 Å². The summed E-state index contributed by atoms with van der Waals surface area (Å²) in [5.74, 6) is 0.829. The first-order valence-corrected chi connectivity index (χ1v) is 8.12. The molecule has 2 rings (SSSR count). The zero-order valence-electron chi connectivity index (χ0n) is 14.5. The molecule has 0 unspecified atom stereocenters. The number of hydrogen-bond donors (Lipinski definition) is 2. The van der Waals surface area contributed by atoms with Gasteiger partial charge in [-0.25, -0.2) is 4.79 Å². The number of rotatable bonds is 7. The molecule has 0 aliphatic carbocycles. The molecule has 0 saturated heterocycles. The molecule has 0 radical (unpaired) electrons. The maximum absolute atomic E-state index is 11.9. The number of carbonyl (C=O) groups excluding carboxylic acids is 1. The summed E-state index contributed by atoms with van der Waals surface area (Å²) in [7, 11) is 3.96. The van der Waals surface area contributed by atoms with E-state index in [1.807, 2.05) is 61.5 Å². The lowest BCUT2D eigenvalue weighted by Gasteiger charge is -2.13. The van der Waals surface area contributed by atoms with Crippen LogP contribution in [0, 0.1) is 0 Å². The third-order valence-corrected chi connectivity index (χ3v) is 3.60. The molecule has 5 nitrogen and oxygen atoms in total. The fourth-order valence-electron chi connectivity index (χ4n) is 2.21. The highest BCUT2D eigenvalue weighted by Gasteiger charge is 2.02. The lowest BCUT2D eigenvalue weighted by Crippen LogP contribution is -2.32. The van der Waals surface area contributed by atoms with Gasteiger partial charge in [-0.1, -0.05) is 19.1 Å². The predicted molar refractivity (Wildman–Crippen MR) is 99.1 cm³/mol. The standard InChI is InChI=1S/C19H25N3O2/c1-4-15-6-5-7-18(14-15)24-13-12-20-19(23)21-16-8-10-17(11-9-16)22(2)3/h5-11,14H,4,12-13H2,1-3H3,(H2,20,21,23). The van der Waals surface area contributed by atoms with Gasteiger partial charge in [-0.2, -0.15) is 0 Å². The topological polar surface area (TPSA) is 53.6 Å². The van der Waals surface area contributed by atoms with Crippen molar-refractivity contribution in [1.29, 1.82) is 0 Å². The van der Waals surface area contributed by atoms with Gasteiger partial charge in [0, 0.05) is 25.5 Å². The van der Waals surface area contributed by atoms with Gasteiger partial charge < -0.3 is 20.3 Å². The molecular weight excluding hydrogens is 302 g/mol. The minimum absolute atomic E-state index is 0.237. The van der Waals surface area contributed by atoms with Crippen LogP contribution in [-0.4, -0.2) is 33.3 Å². The van der Waals surface area contributed by atoms with Crippen LogP contribution in [0.25, 0.3) is 0 Å². The van der Waals surface area contributed by atoms with Crippen molar-refractivity contribution in [3.8, 4) is 5.75 Å². The number of anilines is 2. The normalized spacial score (nSPS) is 10.1. The number of benzene rings is 2. The van der Waals surface area contributed by atoms with E-state index >= 15 is 0 Å². The molecule has 2 N–H and O–H groups in total. The van der Waals surface area contributed by atoms with Gasteiger partial charge >= 0.3 is 6.03 Å². The molecule has 0 aromatic heterocycles. The van der Waals surface area contributed by atoms with Crippen LogP contribution in [0.5, 0.6) is 5.75 Å². The summed E-state index contributed by atoms with van der Waals surface area (Å²) in [5.41, 5.74) is 3.08. The second-order valence-corrected chi connectivity index (χ2v) is 5.67. The molecule has 0 bridgehead atoms. The first-order chi connectivity index (χ1) is 11.6. The Labute approximate surface area is 143 Å². The van der Waals surface area contributed by atoms with Crippen LogP contribution in [0.3, 0.4) is 0 Å². The van der Waals surface area contributed by atoms with E-state index in [9.17, 15) is 4.79 Å². The van der Waals surface area contributed by atoms with E-state index in [-0.39, 0.29) is 6.03 Å². The molecule has 0 heterocycles. The fraction of sp³-hybridized carbons (Fsp3) is 0.316. The Bertz CT molecular complexity index is 654. The number of ether oxygens (including phenoxy) is 1. The van der Waals surface area contributed by atoms with Gasteiger partial charge in [0.15, 0.2) is 0 Å². The minimum atomic E-state index is -0.237. The van der Waals surface area contributed by atoms with E-state index in [4.69, 9.17) is 4.74 Å². The van der Waals surface area contributed by atoms with Crippen LogP contribution in [0.1, 0.15) is 12.5 Å². The molecule has 0 aliphatic heterocycles. The number of carbonyl (C=O) groups is 1. The summed E-state index contributed by atoms with van der Waals surface area (Å²) in [6.45, 7) is 2.98. The molecule has 5 heteroatoms. The maximum Gasteiger partial charge on any atom is 0.319 e. The molecule has 0 saturated carbocycles. The summed E-state index contributed by atoms with van der Waals surface area (Å²) in [6, 6.07) is 15.4. The quantitative estimate of drug-likeness (QED) is 0.765. The maximum atomic E-state index is 11.9. The van der Waals surface area contributed by atoms with Crippen molar-refractivity contribution in [3.63, 3.8) is 0 Å². The van der Waals surface area contributed by atoms with Gasteiger partial charge in [-0.15, -0.1) is 0 Å². The van der Waals surface area contributed by atoms with Crippen LogP contribution < -0.4 is 20.3 Å². The molecule has 0 fully saturated rings.